The van der Waals surface area contributed by atoms with Gasteiger partial charge in [-0.15, -0.1) is 0 Å². The lowest BCUT2D eigenvalue weighted by Gasteiger charge is -2.19. The van der Waals surface area contributed by atoms with Crippen molar-refractivity contribution in [2.24, 2.45) is 4.99 Å². The summed E-state index contributed by atoms with van der Waals surface area (Å²) in [5.41, 5.74) is -0.978. The van der Waals surface area contributed by atoms with E-state index < -0.39 is 24.5 Å². The number of nitrogens with zero attached hydrogens (tertiary/aromatic N) is 3. The molecule has 0 radical (unpaired) electrons. The van der Waals surface area contributed by atoms with Crippen LogP contribution in [0.1, 0.15) is 12.0 Å². The fourth-order valence-corrected chi connectivity index (χ4v) is 2.96. The Labute approximate surface area is 168 Å². The number of guanidine groups is 1. The van der Waals surface area contributed by atoms with E-state index in [1.165, 1.54) is 11.9 Å². The summed E-state index contributed by atoms with van der Waals surface area (Å²) >= 11 is 5.75. The van der Waals surface area contributed by atoms with E-state index in [4.69, 9.17) is 16.3 Å². The van der Waals surface area contributed by atoms with Gasteiger partial charge < -0.3 is 15.4 Å². The summed E-state index contributed by atoms with van der Waals surface area (Å²) in [5.74, 6) is 0.238. The maximum atomic E-state index is 12.6. The summed E-state index contributed by atoms with van der Waals surface area (Å²) in [6.45, 7) is -0.134. The number of nitrogens with one attached hydrogen (secondary N) is 2. The molecule has 164 valence electrons. The minimum atomic E-state index is -4.55. The lowest BCUT2D eigenvalue weighted by Crippen LogP contribution is -2.46. The number of ether oxygens (including phenoxy) is 1. The van der Waals surface area contributed by atoms with Gasteiger partial charge in [0.1, 0.15) is 11.6 Å². The van der Waals surface area contributed by atoms with E-state index in [0.29, 0.717) is 25.1 Å². The SMILES string of the molecule is CN=C(NCCOc1ncc(C(F)(F)F)cc1Cl)NC1CCN(CC(F)(F)F)C1. The Hall–Kier alpha value is -1.95. The molecule has 2 N–H and O–H groups in total. The van der Waals surface area contributed by atoms with Crippen LogP contribution in [0.2, 0.25) is 5.02 Å². The van der Waals surface area contributed by atoms with Crippen molar-refractivity contribution in [1.29, 1.82) is 0 Å². The molecule has 0 aromatic carbocycles. The van der Waals surface area contributed by atoms with Gasteiger partial charge >= 0.3 is 12.4 Å². The Bertz CT molecular complexity index is 712. The number of hydrogen-bond acceptors (Lipinski definition) is 4. The highest BCUT2D eigenvalue weighted by molar-refractivity contribution is 6.31. The van der Waals surface area contributed by atoms with Crippen molar-refractivity contribution in [2.45, 2.75) is 24.8 Å². The summed E-state index contributed by atoms with van der Waals surface area (Å²) in [6, 6.07) is 0.542. The molecule has 1 unspecified atom stereocenters. The number of halogens is 7. The second-order valence-electron chi connectivity index (χ2n) is 6.34. The quantitative estimate of drug-likeness (QED) is 0.304. The zero-order valence-corrected chi connectivity index (χ0v) is 16.1. The van der Waals surface area contributed by atoms with Crippen molar-refractivity contribution >= 4 is 17.6 Å². The van der Waals surface area contributed by atoms with Crippen molar-refractivity contribution < 1.29 is 31.1 Å². The molecule has 0 amide bonds. The van der Waals surface area contributed by atoms with Gasteiger partial charge in [0.15, 0.2) is 5.96 Å². The molecule has 0 aliphatic carbocycles. The summed E-state index contributed by atoms with van der Waals surface area (Å²) in [6.07, 6.45) is -7.62. The number of rotatable bonds is 6. The number of hydrogen-bond donors (Lipinski definition) is 2. The highest BCUT2D eigenvalue weighted by atomic mass is 35.5. The lowest BCUT2D eigenvalue weighted by atomic mass is 10.3. The average Bonchev–Trinajstić information content (AvgIpc) is 3.02. The number of pyridine rings is 1. The Kier molecular flexibility index (Phi) is 7.80. The molecule has 0 bridgehead atoms. The van der Waals surface area contributed by atoms with Gasteiger partial charge in [0.2, 0.25) is 5.88 Å². The maximum absolute atomic E-state index is 12.6. The van der Waals surface area contributed by atoms with Crippen LogP contribution < -0.4 is 15.4 Å². The zero-order valence-electron chi connectivity index (χ0n) is 15.4. The maximum Gasteiger partial charge on any atom is 0.417 e. The lowest BCUT2D eigenvalue weighted by molar-refractivity contribution is -0.143. The van der Waals surface area contributed by atoms with Crippen molar-refractivity contribution in [1.82, 2.24) is 20.5 Å². The Morgan fingerprint density at radius 2 is 2.07 bits per heavy atom. The Morgan fingerprint density at radius 3 is 2.66 bits per heavy atom. The molecule has 2 heterocycles. The first-order valence-electron chi connectivity index (χ1n) is 8.60. The smallest absolute Gasteiger partial charge is 0.417 e. The van der Waals surface area contributed by atoms with Crippen LogP contribution in [-0.2, 0) is 6.18 Å². The molecule has 1 aliphatic rings. The molecule has 2 rings (SSSR count). The van der Waals surface area contributed by atoms with Crippen LogP contribution in [0.15, 0.2) is 17.3 Å². The van der Waals surface area contributed by atoms with Crippen LogP contribution in [0.25, 0.3) is 0 Å². The molecule has 29 heavy (non-hydrogen) atoms. The number of aliphatic imine (C=N–C) groups is 1. The van der Waals surface area contributed by atoms with Gasteiger partial charge in [0.25, 0.3) is 0 Å². The summed E-state index contributed by atoms with van der Waals surface area (Å²) in [5, 5.41) is 5.66. The topological polar surface area (TPSA) is 61.8 Å². The number of alkyl halides is 6. The van der Waals surface area contributed by atoms with Gasteiger partial charge in [-0.2, -0.15) is 26.3 Å². The minimum absolute atomic E-state index is 0.0314. The molecule has 1 saturated heterocycles. The summed E-state index contributed by atoms with van der Waals surface area (Å²) < 4.78 is 80.3. The van der Waals surface area contributed by atoms with Gasteiger partial charge in [0.05, 0.1) is 18.7 Å². The van der Waals surface area contributed by atoms with Crippen LogP contribution in [0, 0.1) is 0 Å². The predicted octanol–water partition coefficient (Wildman–Crippen LogP) is 2.93. The van der Waals surface area contributed by atoms with Crippen LogP contribution in [0.5, 0.6) is 5.88 Å². The fraction of sp³-hybridized carbons (Fsp3) is 0.625. The van der Waals surface area contributed by atoms with Gasteiger partial charge in [0, 0.05) is 32.4 Å². The van der Waals surface area contributed by atoms with Crippen molar-refractivity contribution in [2.75, 3.05) is 39.8 Å². The average molecular weight is 448 g/mol. The van der Waals surface area contributed by atoms with Gasteiger partial charge in [-0.05, 0) is 12.5 Å². The molecular weight excluding hydrogens is 428 g/mol. The molecule has 0 spiro atoms. The number of aromatic nitrogens is 1. The van der Waals surface area contributed by atoms with E-state index in [2.05, 4.69) is 20.6 Å². The van der Waals surface area contributed by atoms with E-state index in [1.54, 1.807) is 0 Å². The third-order valence-corrected chi connectivity index (χ3v) is 4.28. The van der Waals surface area contributed by atoms with E-state index >= 15 is 0 Å². The first-order chi connectivity index (χ1) is 13.5. The molecule has 1 atom stereocenters. The van der Waals surface area contributed by atoms with Crippen LogP contribution in [0.4, 0.5) is 26.3 Å². The minimum Gasteiger partial charge on any atom is -0.475 e. The van der Waals surface area contributed by atoms with Gasteiger partial charge in [-0.25, -0.2) is 4.98 Å². The highest BCUT2D eigenvalue weighted by Gasteiger charge is 2.34. The second kappa shape index (κ2) is 9.70. The van der Waals surface area contributed by atoms with Crippen molar-refractivity contribution in [3.63, 3.8) is 0 Å². The van der Waals surface area contributed by atoms with Gasteiger partial charge in [-0.1, -0.05) is 11.6 Å². The molecule has 1 aliphatic heterocycles. The molecule has 1 aromatic heterocycles. The number of likely N-dealkylation sites (tertiary alicyclic amines) is 1. The monoisotopic (exact) mass is 447 g/mol. The Morgan fingerprint density at radius 1 is 1.34 bits per heavy atom. The molecule has 0 saturated carbocycles. The highest BCUT2D eigenvalue weighted by Crippen LogP contribution is 2.33. The van der Waals surface area contributed by atoms with E-state index in [9.17, 15) is 26.3 Å². The van der Waals surface area contributed by atoms with E-state index in [-0.39, 0.29) is 36.6 Å². The third-order valence-electron chi connectivity index (χ3n) is 4.01. The molecule has 13 heteroatoms. The fourth-order valence-electron chi connectivity index (χ4n) is 2.74. The van der Waals surface area contributed by atoms with Crippen LogP contribution >= 0.6 is 11.6 Å². The third kappa shape index (κ3) is 7.77. The summed E-state index contributed by atoms with van der Waals surface area (Å²) in [4.78, 5) is 8.85. The first-order valence-corrected chi connectivity index (χ1v) is 8.97. The Balaban J connectivity index is 1.74. The second-order valence-corrected chi connectivity index (χ2v) is 6.74. The standard InChI is InChI=1S/C16H20ClF6N5O/c1-24-14(27-11-2-4-28(8-11)9-15(18,19)20)25-3-5-29-13-12(17)6-10(7-26-13)16(21,22)23/h6-7,11H,2-5,8-9H2,1H3,(H2,24,25,27). The van der Waals surface area contributed by atoms with Crippen LogP contribution in [-0.4, -0.2) is 67.9 Å². The van der Waals surface area contributed by atoms with Gasteiger partial charge in [-0.3, -0.25) is 9.89 Å². The van der Waals surface area contributed by atoms with E-state index in [1.807, 2.05) is 0 Å². The largest absolute Gasteiger partial charge is 0.475 e. The summed E-state index contributed by atoms with van der Waals surface area (Å²) in [7, 11) is 1.51. The normalized spacial score (nSPS) is 18.8. The zero-order chi connectivity index (χ0) is 21.7. The molecule has 6 nitrogen and oxygen atoms in total. The predicted molar refractivity (Wildman–Crippen MR) is 95.1 cm³/mol. The molecule has 1 fully saturated rings. The molecular formula is C16H20ClF6N5O. The molecule has 1 aromatic rings. The van der Waals surface area contributed by atoms with E-state index in [0.717, 1.165) is 6.07 Å². The van der Waals surface area contributed by atoms with Crippen molar-refractivity contribution in [3.8, 4) is 5.88 Å². The first kappa shape index (κ1) is 23.3. The van der Waals surface area contributed by atoms with Crippen molar-refractivity contribution in [3.05, 3.63) is 22.8 Å². The van der Waals surface area contributed by atoms with Crippen LogP contribution in [0.3, 0.4) is 0 Å².